The molecule has 2 aromatic carbocycles. The molecular weight excluding hydrogens is 474 g/mol. The number of para-hydroxylation sites is 1. The van der Waals surface area contributed by atoms with Crippen molar-refractivity contribution in [2.24, 2.45) is 0 Å². The van der Waals surface area contributed by atoms with Gasteiger partial charge in [0.25, 0.3) is 0 Å². The fourth-order valence-electron chi connectivity index (χ4n) is 3.25. The first-order chi connectivity index (χ1) is 16.9. The van der Waals surface area contributed by atoms with Gasteiger partial charge >= 0.3 is 5.97 Å². The summed E-state index contributed by atoms with van der Waals surface area (Å²) in [6.07, 6.45) is 0. The summed E-state index contributed by atoms with van der Waals surface area (Å²) in [5.41, 5.74) is 1.51. The topological polar surface area (TPSA) is 134 Å². The van der Waals surface area contributed by atoms with Crippen molar-refractivity contribution in [3.05, 3.63) is 66.2 Å². The molecule has 0 aliphatic heterocycles. The van der Waals surface area contributed by atoms with Gasteiger partial charge in [0.1, 0.15) is 12.4 Å². The van der Waals surface area contributed by atoms with Crippen molar-refractivity contribution in [1.29, 1.82) is 0 Å². The van der Waals surface area contributed by atoms with Crippen LogP contribution >= 0.6 is 0 Å². The lowest BCUT2D eigenvalue weighted by atomic mass is 10.2. The minimum Gasteiger partial charge on any atom is -0.496 e. The van der Waals surface area contributed by atoms with E-state index in [1.54, 1.807) is 26.2 Å². The Bertz CT molecular complexity index is 1440. The molecule has 0 fully saturated rings. The summed E-state index contributed by atoms with van der Waals surface area (Å²) in [6, 6.07) is 16.2. The molecule has 182 valence electrons. The molecule has 0 atom stereocenters. The lowest BCUT2D eigenvalue weighted by molar-refractivity contribution is 0.0526. The van der Waals surface area contributed by atoms with Crippen LogP contribution in [0.2, 0.25) is 0 Å². The molecule has 4 rings (SSSR count). The van der Waals surface area contributed by atoms with E-state index < -0.39 is 16.0 Å². The van der Waals surface area contributed by atoms with Crippen LogP contribution in [0.4, 0.5) is 0 Å². The molecule has 12 heteroatoms. The van der Waals surface area contributed by atoms with Gasteiger partial charge in [0.2, 0.25) is 15.9 Å². The minimum absolute atomic E-state index is 0.00320. The molecule has 0 amide bonds. The van der Waals surface area contributed by atoms with Gasteiger partial charge in [-0.25, -0.2) is 17.9 Å². The lowest BCUT2D eigenvalue weighted by Gasteiger charge is -2.09. The largest absolute Gasteiger partial charge is 0.496 e. The van der Waals surface area contributed by atoms with Gasteiger partial charge in [-0.3, -0.25) is 0 Å². The Morgan fingerprint density at radius 1 is 1.03 bits per heavy atom. The number of nitrogens with one attached hydrogen (secondary N) is 1. The average Bonchev–Trinajstić information content (AvgIpc) is 3.30. The van der Waals surface area contributed by atoms with Crippen LogP contribution in [0.15, 0.2) is 65.6 Å². The highest BCUT2D eigenvalue weighted by atomic mass is 32.2. The summed E-state index contributed by atoms with van der Waals surface area (Å²) < 4.78 is 45.0. The number of esters is 1. The second-order valence-electron chi connectivity index (χ2n) is 7.16. The second-order valence-corrected chi connectivity index (χ2v) is 8.92. The predicted octanol–water partition coefficient (Wildman–Crippen LogP) is 2.33. The molecular formula is C23H23N5O6S. The van der Waals surface area contributed by atoms with Crippen molar-refractivity contribution in [2.75, 3.05) is 26.9 Å². The fourth-order valence-corrected chi connectivity index (χ4v) is 4.26. The van der Waals surface area contributed by atoms with Crippen molar-refractivity contribution in [1.82, 2.24) is 24.5 Å². The van der Waals surface area contributed by atoms with E-state index in [9.17, 15) is 13.2 Å². The summed E-state index contributed by atoms with van der Waals surface area (Å²) in [4.78, 5) is 11.7. The van der Waals surface area contributed by atoms with E-state index >= 15 is 0 Å². The van der Waals surface area contributed by atoms with E-state index in [-0.39, 0.29) is 36.1 Å². The Balaban J connectivity index is 1.40. The van der Waals surface area contributed by atoms with Crippen molar-refractivity contribution in [3.8, 4) is 23.0 Å². The summed E-state index contributed by atoms with van der Waals surface area (Å²) in [5, 5.41) is 12.7. The Morgan fingerprint density at radius 3 is 2.54 bits per heavy atom. The number of carbonyl (C=O) groups is 1. The Labute approximate surface area is 201 Å². The van der Waals surface area contributed by atoms with Crippen molar-refractivity contribution >= 4 is 21.6 Å². The molecule has 35 heavy (non-hydrogen) atoms. The molecule has 0 bridgehead atoms. The molecule has 1 N–H and O–H groups in total. The zero-order chi connectivity index (χ0) is 24.8. The standard InChI is InChI=1S/C23H23N5O6S/c1-3-33-23(29)16-8-10-17(11-9-16)35(30,31)24-14-15-34-21-13-12-20-25-26-22(28(20)27-21)18-6-4-5-7-19(18)32-2/h4-13,24H,3,14-15H2,1-2H3. The summed E-state index contributed by atoms with van der Waals surface area (Å²) in [7, 11) is -2.22. The molecule has 0 saturated carbocycles. The third kappa shape index (κ3) is 5.39. The molecule has 2 aromatic heterocycles. The van der Waals surface area contributed by atoms with E-state index in [2.05, 4.69) is 20.0 Å². The van der Waals surface area contributed by atoms with Gasteiger partial charge in [-0.1, -0.05) is 12.1 Å². The van der Waals surface area contributed by atoms with Gasteiger partial charge in [0, 0.05) is 12.6 Å². The first-order valence-electron chi connectivity index (χ1n) is 10.7. The van der Waals surface area contributed by atoms with Gasteiger partial charge in [0.15, 0.2) is 11.5 Å². The van der Waals surface area contributed by atoms with E-state index in [1.165, 1.54) is 28.8 Å². The number of hydrogen-bond donors (Lipinski definition) is 1. The number of benzene rings is 2. The number of aromatic nitrogens is 4. The van der Waals surface area contributed by atoms with Crippen LogP contribution in [0, 0.1) is 0 Å². The molecule has 0 spiro atoms. The SMILES string of the molecule is CCOC(=O)c1ccc(S(=O)(=O)NCCOc2ccc3nnc(-c4ccccc4OC)n3n2)cc1. The first kappa shape index (κ1) is 24.1. The van der Waals surface area contributed by atoms with Gasteiger partial charge in [-0.15, -0.1) is 15.3 Å². The highest BCUT2D eigenvalue weighted by molar-refractivity contribution is 7.89. The van der Waals surface area contributed by atoms with Gasteiger partial charge in [-0.2, -0.15) is 4.52 Å². The third-order valence-corrected chi connectivity index (χ3v) is 6.38. The molecule has 2 heterocycles. The molecule has 0 radical (unpaired) electrons. The van der Waals surface area contributed by atoms with Crippen LogP contribution in [0.25, 0.3) is 17.0 Å². The van der Waals surface area contributed by atoms with Crippen molar-refractivity contribution < 1.29 is 27.4 Å². The smallest absolute Gasteiger partial charge is 0.338 e. The maximum absolute atomic E-state index is 12.5. The number of nitrogens with zero attached hydrogens (tertiary/aromatic N) is 4. The van der Waals surface area contributed by atoms with Crippen LogP contribution in [-0.2, 0) is 14.8 Å². The summed E-state index contributed by atoms with van der Waals surface area (Å²) >= 11 is 0. The number of hydrogen-bond acceptors (Lipinski definition) is 9. The number of carbonyl (C=O) groups excluding carboxylic acids is 1. The fraction of sp³-hybridized carbons (Fsp3) is 0.217. The van der Waals surface area contributed by atoms with Gasteiger partial charge in [-0.05, 0) is 49.4 Å². The van der Waals surface area contributed by atoms with Crippen LogP contribution in [0.1, 0.15) is 17.3 Å². The highest BCUT2D eigenvalue weighted by Crippen LogP contribution is 2.28. The molecule has 4 aromatic rings. The van der Waals surface area contributed by atoms with E-state index in [0.717, 1.165) is 0 Å². The second kappa shape index (κ2) is 10.5. The lowest BCUT2D eigenvalue weighted by Crippen LogP contribution is -2.28. The quantitative estimate of drug-likeness (QED) is 0.259. The maximum atomic E-state index is 12.5. The molecule has 11 nitrogen and oxygen atoms in total. The molecule has 0 aliphatic carbocycles. The van der Waals surface area contributed by atoms with Crippen LogP contribution < -0.4 is 14.2 Å². The summed E-state index contributed by atoms with van der Waals surface area (Å²) in [5.74, 6) is 0.866. The molecule has 0 saturated heterocycles. The Morgan fingerprint density at radius 2 is 1.80 bits per heavy atom. The monoisotopic (exact) mass is 497 g/mol. The Kier molecular flexibility index (Phi) is 7.22. The average molecular weight is 498 g/mol. The number of rotatable bonds is 10. The zero-order valence-corrected chi connectivity index (χ0v) is 19.9. The normalized spacial score (nSPS) is 11.4. The van der Waals surface area contributed by atoms with E-state index in [0.29, 0.717) is 22.8 Å². The third-order valence-electron chi connectivity index (χ3n) is 4.91. The molecule has 0 unspecified atom stereocenters. The van der Waals surface area contributed by atoms with Gasteiger partial charge in [0.05, 0.1) is 29.7 Å². The number of ether oxygens (including phenoxy) is 3. The number of methoxy groups -OCH3 is 1. The predicted molar refractivity (Wildman–Crippen MR) is 126 cm³/mol. The van der Waals surface area contributed by atoms with Crippen LogP contribution in [0.3, 0.4) is 0 Å². The van der Waals surface area contributed by atoms with Crippen LogP contribution in [0.5, 0.6) is 11.6 Å². The summed E-state index contributed by atoms with van der Waals surface area (Å²) in [6.45, 7) is 1.97. The zero-order valence-electron chi connectivity index (χ0n) is 19.0. The van der Waals surface area contributed by atoms with Crippen LogP contribution in [-0.4, -0.2) is 61.1 Å². The minimum atomic E-state index is -3.79. The number of sulfonamides is 1. The van der Waals surface area contributed by atoms with E-state index in [1.807, 2.05) is 24.3 Å². The van der Waals surface area contributed by atoms with Crippen molar-refractivity contribution in [2.45, 2.75) is 11.8 Å². The van der Waals surface area contributed by atoms with Gasteiger partial charge < -0.3 is 14.2 Å². The van der Waals surface area contributed by atoms with Crippen molar-refractivity contribution in [3.63, 3.8) is 0 Å². The molecule has 0 aliphatic rings. The van der Waals surface area contributed by atoms with E-state index in [4.69, 9.17) is 14.2 Å². The number of fused-ring (bicyclic) bond motifs is 1. The highest BCUT2D eigenvalue weighted by Gasteiger charge is 2.16. The maximum Gasteiger partial charge on any atom is 0.338 e. The Hall–Kier alpha value is -4.03. The first-order valence-corrected chi connectivity index (χ1v) is 12.2.